The minimum Gasteiger partial charge on any atom is -0.480 e. The molecule has 1 rings (SSSR count). The molecule has 1 atom stereocenters. The molecule has 7 heteroatoms. The van der Waals surface area contributed by atoms with Crippen LogP contribution in [0.5, 0.6) is 0 Å². The fourth-order valence-electron chi connectivity index (χ4n) is 2.57. The summed E-state index contributed by atoms with van der Waals surface area (Å²) in [6.07, 6.45) is 3.27. The lowest BCUT2D eigenvalue weighted by Gasteiger charge is -2.33. The Labute approximate surface area is 131 Å². The topological polar surface area (TPSA) is 90.0 Å². The number of unbranched alkanes of at least 4 members (excludes halogenated alkanes) is 1. The number of carboxylic acids is 1. The van der Waals surface area contributed by atoms with Crippen LogP contribution in [0.25, 0.3) is 0 Å². The fourth-order valence-corrected chi connectivity index (χ4v) is 2.57. The van der Waals surface area contributed by atoms with E-state index in [4.69, 9.17) is 5.11 Å². The van der Waals surface area contributed by atoms with E-state index in [9.17, 15) is 14.4 Å². The average Bonchev–Trinajstić information content (AvgIpc) is 2.50. The molecule has 0 aliphatic carbocycles. The average molecular weight is 313 g/mol. The maximum absolute atomic E-state index is 12.2. The number of hydrogen-bond acceptors (Lipinski definition) is 3. The number of urea groups is 1. The first-order valence-corrected chi connectivity index (χ1v) is 7.86. The van der Waals surface area contributed by atoms with Crippen LogP contribution in [0.15, 0.2) is 0 Å². The largest absolute Gasteiger partial charge is 0.480 e. The molecular weight excluding hydrogens is 286 g/mol. The molecule has 0 aromatic rings. The molecule has 1 saturated heterocycles. The van der Waals surface area contributed by atoms with Crippen molar-refractivity contribution in [3.05, 3.63) is 0 Å². The standard InChI is InChI=1S/C15H27N3O4/c1-4-5-6-12(14(20)21)16-13(19)11-7-9-18(10-8-11)15(22)17(2)3/h11-12H,4-10H2,1-3H3,(H,16,19)(H,20,21). The van der Waals surface area contributed by atoms with E-state index in [1.807, 2.05) is 6.92 Å². The second-order valence-electron chi connectivity index (χ2n) is 5.98. The van der Waals surface area contributed by atoms with Gasteiger partial charge in [0.05, 0.1) is 0 Å². The number of piperidine rings is 1. The number of nitrogens with zero attached hydrogens (tertiary/aromatic N) is 2. The van der Waals surface area contributed by atoms with Gasteiger partial charge in [0.2, 0.25) is 5.91 Å². The van der Waals surface area contributed by atoms with Crippen LogP contribution in [0.4, 0.5) is 4.79 Å². The molecule has 0 aromatic carbocycles. The van der Waals surface area contributed by atoms with E-state index < -0.39 is 12.0 Å². The fraction of sp³-hybridized carbons (Fsp3) is 0.800. The number of carboxylic acid groups (broad SMARTS) is 1. The first kappa shape index (κ1) is 18.3. The summed E-state index contributed by atoms with van der Waals surface area (Å²) in [6.45, 7) is 3.04. The lowest BCUT2D eigenvalue weighted by Crippen LogP contribution is -2.49. The molecule has 0 spiro atoms. The predicted molar refractivity (Wildman–Crippen MR) is 82.5 cm³/mol. The smallest absolute Gasteiger partial charge is 0.326 e. The van der Waals surface area contributed by atoms with Crippen molar-refractivity contribution in [2.24, 2.45) is 5.92 Å². The third kappa shape index (κ3) is 5.20. The van der Waals surface area contributed by atoms with Crippen LogP contribution in [0.2, 0.25) is 0 Å². The Morgan fingerprint density at radius 1 is 1.27 bits per heavy atom. The van der Waals surface area contributed by atoms with Crippen LogP contribution < -0.4 is 5.32 Å². The molecule has 3 amide bonds. The van der Waals surface area contributed by atoms with Crippen molar-refractivity contribution >= 4 is 17.9 Å². The van der Waals surface area contributed by atoms with Gasteiger partial charge in [-0.15, -0.1) is 0 Å². The molecule has 1 aliphatic rings. The van der Waals surface area contributed by atoms with Gasteiger partial charge in [0.1, 0.15) is 6.04 Å². The highest BCUT2D eigenvalue weighted by Gasteiger charge is 2.30. The van der Waals surface area contributed by atoms with Crippen molar-refractivity contribution in [3.8, 4) is 0 Å². The summed E-state index contributed by atoms with van der Waals surface area (Å²) >= 11 is 0. The first-order chi connectivity index (χ1) is 10.4. The Kier molecular flexibility index (Phi) is 7.14. The molecule has 2 N–H and O–H groups in total. The minimum atomic E-state index is -0.984. The van der Waals surface area contributed by atoms with E-state index in [0.29, 0.717) is 32.4 Å². The molecule has 0 aromatic heterocycles. The van der Waals surface area contributed by atoms with Gasteiger partial charge in [0.15, 0.2) is 0 Å². The number of hydrogen-bond donors (Lipinski definition) is 2. The summed E-state index contributed by atoms with van der Waals surface area (Å²) in [4.78, 5) is 38.4. The summed E-state index contributed by atoms with van der Waals surface area (Å²) in [5.74, 6) is -1.41. The van der Waals surface area contributed by atoms with Crippen molar-refractivity contribution in [1.29, 1.82) is 0 Å². The van der Waals surface area contributed by atoms with Crippen molar-refractivity contribution in [2.45, 2.75) is 45.1 Å². The number of amides is 3. The summed E-state index contributed by atoms with van der Waals surface area (Å²) < 4.78 is 0. The quantitative estimate of drug-likeness (QED) is 0.769. The van der Waals surface area contributed by atoms with Gasteiger partial charge in [-0.25, -0.2) is 9.59 Å². The van der Waals surface area contributed by atoms with Crippen molar-refractivity contribution in [3.63, 3.8) is 0 Å². The highest BCUT2D eigenvalue weighted by Crippen LogP contribution is 2.18. The van der Waals surface area contributed by atoms with Crippen molar-refractivity contribution < 1.29 is 19.5 Å². The zero-order valence-electron chi connectivity index (χ0n) is 13.7. The molecule has 1 fully saturated rings. The van der Waals surface area contributed by atoms with Gasteiger partial charge in [0, 0.05) is 33.1 Å². The lowest BCUT2D eigenvalue weighted by atomic mass is 9.95. The zero-order chi connectivity index (χ0) is 16.7. The van der Waals surface area contributed by atoms with Gasteiger partial charge in [-0.2, -0.15) is 0 Å². The molecule has 22 heavy (non-hydrogen) atoms. The minimum absolute atomic E-state index is 0.0507. The molecule has 0 radical (unpaired) electrons. The molecule has 0 bridgehead atoms. The summed E-state index contributed by atoms with van der Waals surface area (Å²) in [5, 5.41) is 11.8. The van der Waals surface area contributed by atoms with E-state index in [1.165, 1.54) is 4.90 Å². The number of nitrogens with one attached hydrogen (secondary N) is 1. The molecule has 1 unspecified atom stereocenters. The zero-order valence-corrected chi connectivity index (χ0v) is 13.7. The monoisotopic (exact) mass is 313 g/mol. The molecular formula is C15H27N3O4. The van der Waals surface area contributed by atoms with Crippen molar-refractivity contribution in [2.75, 3.05) is 27.2 Å². The van der Waals surface area contributed by atoms with Crippen LogP contribution in [-0.2, 0) is 9.59 Å². The lowest BCUT2D eigenvalue weighted by molar-refractivity contribution is -0.143. The van der Waals surface area contributed by atoms with Gasteiger partial charge in [-0.3, -0.25) is 4.79 Å². The molecule has 1 aliphatic heterocycles. The Bertz CT molecular complexity index is 404. The van der Waals surface area contributed by atoms with Gasteiger partial charge in [0.25, 0.3) is 0 Å². The second kappa shape index (κ2) is 8.60. The third-order valence-electron chi connectivity index (χ3n) is 3.98. The Morgan fingerprint density at radius 2 is 1.86 bits per heavy atom. The highest BCUT2D eigenvalue weighted by molar-refractivity contribution is 5.85. The Morgan fingerprint density at radius 3 is 2.32 bits per heavy atom. The van der Waals surface area contributed by atoms with Gasteiger partial charge >= 0.3 is 12.0 Å². The molecule has 0 saturated carbocycles. The number of aliphatic carboxylic acids is 1. The maximum atomic E-state index is 12.2. The SMILES string of the molecule is CCCCC(NC(=O)C1CCN(C(=O)N(C)C)CC1)C(=O)O. The van der Waals surface area contributed by atoms with E-state index in [2.05, 4.69) is 5.32 Å². The number of likely N-dealkylation sites (tertiary alicyclic amines) is 1. The molecule has 126 valence electrons. The summed E-state index contributed by atoms with van der Waals surface area (Å²) in [6, 6.07) is -0.862. The van der Waals surface area contributed by atoms with E-state index in [-0.39, 0.29) is 17.9 Å². The van der Waals surface area contributed by atoms with E-state index in [1.54, 1.807) is 19.0 Å². The van der Waals surface area contributed by atoms with Crippen LogP contribution in [0.1, 0.15) is 39.0 Å². The highest BCUT2D eigenvalue weighted by atomic mass is 16.4. The van der Waals surface area contributed by atoms with Crippen LogP contribution >= 0.6 is 0 Å². The normalized spacial score (nSPS) is 17.0. The van der Waals surface area contributed by atoms with Gasteiger partial charge in [-0.05, 0) is 19.3 Å². The Hall–Kier alpha value is -1.79. The maximum Gasteiger partial charge on any atom is 0.326 e. The first-order valence-electron chi connectivity index (χ1n) is 7.86. The molecule has 1 heterocycles. The van der Waals surface area contributed by atoms with Crippen LogP contribution in [0.3, 0.4) is 0 Å². The van der Waals surface area contributed by atoms with Gasteiger partial charge in [-0.1, -0.05) is 19.8 Å². The van der Waals surface area contributed by atoms with E-state index >= 15 is 0 Å². The number of carbonyl (C=O) groups excluding carboxylic acids is 2. The number of rotatable bonds is 6. The van der Waals surface area contributed by atoms with Gasteiger partial charge < -0.3 is 20.2 Å². The van der Waals surface area contributed by atoms with Crippen molar-refractivity contribution in [1.82, 2.24) is 15.1 Å². The second-order valence-corrected chi connectivity index (χ2v) is 5.98. The van der Waals surface area contributed by atoms with Crippen LogP contribution in [-0.4, -0.2) is 66.0 Å². The third-order valence-corrected chi connectivity index (χ3v) is 3.98. The summed E-state index contributed by atoms with van der Waals surface area (Å²) in [5.41, 5.74) is 0. The number of carbonyl (C=O) groups is 3. The molecule has 7 nitrogen and oxygen atoms in total. The van der Waals surface area contributed by atoms with E-state index in [0.717, 1.165) is 12.8 Å². The summed E-state index contributed by atoms with van der Waals surface area (Å²) in [7, 11) is 3.40. The predicted octanol–water partition coefficient (Wildman–Crippen LogP) is 1.14. The van der Waals surface area contributed by atoms with Crippen LogP contribution in [0, 0.1) is 5.92 Å². The Balaban J connectivity index is 2.47.